The number of nitrogens with one attached hydrogen (secondary N) is 1. The highest BCUT2D eigenvalue weighted by molar-refractivity contribution is 5.95. The average Bonchev–Trinajstić information content (AvgIpc) is 3.52. The van der Waals surface area contributed by atoms with Crippen LogP contribution < -0.4 is 5.32 Å². The molecule has 33 heavy (non-hydrogen) atoms. The van der Waals surface area contributed by atoms with Crippen molar-refractivity contribution in [2.75, 3.05) is 0 Å². The van der Waals surface area contributed by atoms with Crippen molar-refractivity contribution in [3.8, 4) is 11.1 Å². The molecule has 3 aromatic rings. The van der Waals surface area contributed by atoms with Gasteiger partial charge >= 0.3 is 11.9 Å². The van der Waals surface area contributed by atoms with Gasteiger partial charge in [-0.1, -0.05) is 61.5 Å². The van der Waals surface area contributed by atoms with Crippen LogP contribution in [0.2, 0.25) is 0 Å². The van der Waals surface area contributed by atoms with Gasteiger partial charge in [0.2, 0.25) is 0 Å². The van der Waals surface area contributed by atoms with E-state index in [2.05, 4.69) is 15.3 Å². The number of aliphatic carboxylic acids is 1. The maximum absolute atomic E-state index is 12.9. The van der Waals surface area contributed by atoms with Gasteiger partial charge in [0.25, 0.3) is 5.91 Å². The van der Waals surface area contributed by atoms with Crippen LogP contribution in [0.3, 0.4) is 0 Å². The maximum atomic E-state index is 12.9. The number of benzene rings is 2. The molecule has 1 fully saturated rings. The van der Waals surface area contributed by atoms with Gasteiger partial charge in [-0.15, -0.1) is 0 Å². The van der Waals surface area contributed by atoms with E-state index >= 15 is 0 Å². The van der Waals surface area contributed by atoms with Crippen LogP contribution in [0.15, 0.2) is 67.0 Å². The minimum atomic E-state index is -1.26. The van der Waals surface area contributed by atoms with E-state index in [1.165, 1.54) is 0 Å². The Morgan fingerprint density at radius 1 is 1.00 bits per heavy atom. The summed E-state index contributed by atoms with van der Waals surface area (Å²) in [5, 5.41) is 21.5. The third kappa shape index (κ3) is 4.74. The van der Waals surface area contributed by atoms with E-state index in [0.29, 0.717) is 6.42 Å². The molecule has 1 aliphatic rings. The van der Waals surface area contributed by atoms with Crippen molar-refractivity contribution in [1.82, 2.24) is 15.3 Å². The Morgan fingerprint density at radius 3 is 2.27 bits per heavy atom. The molecule has 1 unspecified atom stereocenters. The number of hydrogen-bond donors (Lipinski definition) is 3. The summed E-state index contributed by atoms with van der Waals surface area (Å²) in [6.45, 7) is 1.61. The summed E-state index contributed by atoms with van der Waals surface area (Å²) < 4.78 is 0. The normalized spacial score (nSPS) is 20.0. The van der Waals surface area contributed by atoms with Crippen LogP contribution in [0.1, 0.15) is 52.2 Å². The second-order valence-electron chi connectivity index (χ2n) is 8.39. The van der Waals surface area contributed by atoms with Gasteiger partial charge in [0.05, 0.1) is 5.92 Å². The number of carboxylic acid groups (broad SMARTS) is 2. The number of aromatic carboxylic acids is 1. The van der Waals surface area contributed by atoms with Gasteiger partial charge in [-0.3, -0.25) is 9.59 Å². The van der Waals surface area contributed by atoms with E-state index in [1.54, 1.807) is 6.92 Å². The molecule has 3 atom stereocenters. The average molecular weight is 445 g/mol. The molecular weight excluding hydrogens is 422 g/mol. The molecule has 1 aromatic heterocycles. The number of rotatable bonds is 8. The highest BCUT2D eigenvalue weighted by atomic mass is 16.4. The van der Waals surface area contributed by atoms with Gasteiger partial charge in [0, 0.05) is 17.5 Å². The predicted octanol–water partition coefficient (Wildman–Crippen LogP) is 3.61. The largest absolute Gasteiger partial charge is 0.481 e. The van der Waals surface area contributed by atoms with Crippen molar-refractivity contribution >= 4 is 17.8 Å². The Labute approximate surface area is 190 Å². The summed E-state index contributed by atoms with van der Waals surface area (Å²) in [6, 6.07) is 19.1. The molecule has 1 saturated carbocycles. The van der Waals surface area contributed by atoms with Gasteiger partial charge in [-0.2, -0.15) is 0 Å². The molecule has 8 heteroatoms. The summed E-state index contributed by atoms with van der Waals surface area (Å²) in [7, 11) is 0. The van der Waals surface area contributed by atoms with Gasteiger partial charge in [-0.25, -0.2) is 14.8 Å². The number of nitrogens with zero attached hydrogens (tertiary/aromatic N) is 2. The fourth-order valence-corrected chi connectivity index (χ4v) is 4.22. The number of amides is 1. The second-order valence-corrected chi connectivity index (χ2v) is 8.39. The smallest absolute Gasteiger partial charge is 0.354 e. The van der Waals surface area contributed by atoms with Gasteiger partial charge in [-0.05, 0) is 29.5 Å². The van der Waals surface area contributed by atoms with Crippen molar-refractivity contribution < 1.29 is 24.6 Å². The Kier molecular flexibility index (Phi) is 5.91. The molecule has 8 nitrogen and oxygen atoms in total. The van der Waals surface area contributed by atoms with Gasteiger partial charge < -0.3 is 15.5 Å². The minimum absolute atomic E-state index is 0.0612. The zero-order valence-electron chi connectivity index (χ0n) is 17.9. The van der Waals surface area contributed by atoms with Crippen LogP contribution in [0.5, 0.6) is 0 Å². The second kappa shape index (κ2) is 8.82. The Morgan fingerprint density at radius 2 is 1.64 bits per heavy atom. The van der Waals surface area contributed by atoms with Gasteiger partial charge in [0.1, 0.15) is 12.0 Å². The molecule has 1 aliphatic carbocycles. The Bertz CT molecular complexity index is 1200. The molecule has 0 spiro atoms. The molecule has 4 rings (SSSR count). The molecule has 3 N–H and O–H groups in total. The summed E-state index contributed by atoms with van der Waals surface area (Å²) in [5.74, 6) is -3.49. The molecule has 1 amide bonds. The zero-order chi connectivity index (χ0) is 23.6. The number of carbonyl (C=O) groups excluding carboxylic acids is 1. The van der Waals surface area contributed by atoms with E-state index in [4.69, 9.17) is 5.11 Å². The molecule has 0 radical (unpaired) electrons. The van der Waals surface area contributed by atoms with E-state index < -0.39 is 29.3 Å². The molecule has 0 saturated heterocycles. The summed E-state index contributed by atoms with van der Waals surface area (Å²) >= 11 is 0. The molecular formula is C25H23N3O5. The lowest BCUT2D eigenvalue weighted by molar-refractivity contribution is -0.141. The van der Waals surface area contributed by atoms with E-state index in [0.717, 1.165) is 29.1 Å². The third-order valence-electron chi connectivity index (χ3n) is 6.07. The first-order valence-electron chi connectivity index (χ1n) is 10.5. The Hall–Kier alpha value is -4.07. The highest BCUT2D eigenvalue weighted by Crippen LogP contribution is 2.55. The standard InChI is InChI=1S/C25H23N3O5/c1-15(23(30)31)12-25(28-22(29)20-11-21(24(32)33)27-14-26-20)13-19(25)18-9-7-17(8-10-18)16-5-3-2-4-6-16/h2-11,14-15,19H,12-13H2,1H3,(H,28,29)(H,30,31)(H,32,33)/t15-,19+,25?/m1/s1. The molecule has 0 aliphatic heterocycles. The van der Waals surface area contributed by atoms with Gasteiger partial charge in [0.15, 0.2) is 5.69 Å². The van der Waals surface area contributed by atoms with Crippen LogP contribution >= 0.6 is 0 Å². The van der Waals surface area contributed by atoms with E-state index in [9.17, 15) is 19.5 Å². The van der Waals surface area contributed by atoms with Crippen LogP contribution in [0, 0.1) is 5.92 Å². The number of hydrogen-bond acceptors (Lipinski definition) is 5. The molecule has 1 heterocycles. The van der Waals surface area contributed by atoms with Crippen molar-refractivity contribution in [2.24, 2.45) is 5.92 Å². The van der Waals surface area contributed by atoms with Crippen molar-refractivity contribution in [3.63, 3.8) is 0 Å². The monoisotopic (exact) mass is 445 g/mol. The predicted molar refractivity (Wildman–Crippen MR) is 120 cm³/mol. The summed E-state index contributed by atoms with van der Waals surface area (Å²) in [5.41, 5.74) is 2.05. The Balaban J connectivity index is 1.57. The highest BCUT2D eigenvalue weighted by Gasteiger charge is 2.56. The quantitative estimate of drug-likeness (QED) is 0.483. The van der Waals surface area contributed by atoms with Crippen LogP contribution in [0.25, 0.3) is 11.1 Å². The topological polar surface area (TPSA) is 129 Å². The fourth-order valence-electron chi connectivity index (χ4n) is 4.22. The molecule has 0 bridgehead atoms. The first-order valence-corrected chi connectivity index (χ1v) is 10.5. The summed E-state index contributed by atoms with van der Waals surface area (Å²) in [4.78, 5) is 43.1. The van der Waals surface area contributed by atoms with Crippen molar-refractivity contribution in [2.45, 2.75) is 31.2 Å². The third-order valence-corrected chi connectivity index (χ3v) is 6.07. The zero-order valence-corrected chi connectivity index (χ0v) is 17.9. The number of carboxylic acids is 2. The minimum Gasteiger partial charge on any atom is -0.481 e. The number of carbonyl (C=O) groups is 3. The first-order chi connectivity index (χ1) is 15.8. The number of aromatic nitrogens is 2. The van der Waals surface area contributed by atoms with E-state index in [1.807, 2.05) is 54.6 Å². The van der Waals surface area contributed by atoms with Crippen LogP contribution in [-0.2, 0) is 4.79 Å². The summed E-state index contributed by atoms with van der Waals surface area (Å²) in [6.07, 6.45) is 1.85. The van der Waals surface area contributed by atoms with Crippen molar-refractivity contribution in [1.29, 1.82) is 0 Å². The maximum Gasteiger partial charge on any atom is 0.354 e. The van der Waals surface area contributed by atoms with Crippen molar-refractivity contribution in [3.05, 3.63) is 83.9 Å². The fraction of sp³-hybridized carbons (Fsp3) is 0.240. The SMILES string of the molecule is C[C@H](CC1(NC(=O)c2cc(C(=O)O)ncn2)C[C@H]1c1ccc(-c2ccccc2)cc1)C(=O)O. The molecule has 2 aromatic carbocycles. The lowest BCUT2D eigenvalue weighted by atomic mass is 9.94. The first kappa shape index (κ1) is 22.1. The van der Waals surface area contributed by atoms with E-state index in [-0.39, 0.29) is 23.7 Å². The van der Waals surface area contributed by atoms with Crippen LogP contribution in [-0.4, -0.2) is 43.6 Å². The molecule has 168 valence electrons. The lowest BCUT2D eigenvalue weighted by Gasteiger charge is -2.22. The van der Waals surface area contributed by atoms with Crippen LogP contribution in [0.4, 0.5) is 0 Å². The lowest BCUT2D eigenvalue weighted by Crippen LogP contribution is -2.41.